The molecule has 104 valence electrons. The molecule has 7 heteroatoms. The molecule has 2 N–H and O–H groups in total. The van der Waals surface area contributed by atoms with Crippen molar-refractivity contribution in [3.63, 3.8) is 0 Å². The second kappa shape index (κ2) is 6.24. The zero-order valence-electron chi connectivity index (χ0n) is 9.65. The summed E-state index contributed by atoms with van der Waals surface area (Å²) >= 11 is 0. The van der Waals surface area contributed by atoms with E-state index in [1.807, 2.05) is 0 Å². The summed E-state index contributed by atoms with van der Waals surface area (Å²) < 4.78 is 40.1. The van der Waals surface area contributed by atoms with Gasteiger partial charge in [0.15, 0.2) is 0 Å². The molecule has 0 amide bonds. The Morgan fingerprint density at radius 1 is 1.37 bits per heavy atom. The van der Waals surface area contributed by atoms with Gasteiger partial charge in [-0.25, -0.2) is 4.79 Å². The molecule has 0 aromatic heterocycles. The number of hydrogen-bond acceptors (Lipinski definition) is 3. The van der Waals surface area contributed by atoms with Gasteiger partial charge in [-0.2, -0.15) is 0 Å². The minimum atomic E-state index is -4.96. The number of carboxylic acid groups (broad SMARTS) is 1. The van der Waals surface area contributed by atoms with Gasteiger partial charge >= 0.3 is 12.3 Å². The predicted molar refractivity (Wildman–Crippen MR) is 60.8 cm³/mol. The molecule has 0 atom stereocenters. The van der Waals surface area contributed by atoms with Gasteiger partial charge in [-0.15, -0.1) is 13.2 Å². The van der Waals surface area contributed by atoms with Crippen LogP contribution in [-0.4, -0.2) is 29.2 Å². The highest BCUT2D eigenvalue weighted by Crippen LogP contribution is 2.28. The number of rotatable bonds is 5. The maximum Gasteiger partial charge on any atom is 0.573 e. The summed E-state index contributed by atoms with van der Waals surface area (Å²) in [4.78, 5) is 10.8. The lowest BCUT2D eigenvalue weighted by atomic mass is 10.1. The molecule has 0 fully saturated rings. The molecule has 0 saturated heterocycles. The molecular weight excluding hydrogens is 265 g/mol. The Labute approximate surface area is 106 Å². The highest BCUT2D eigenvalue weighted by Gasteiger charge is 2.33. The summed E-state index contributed by atoms with van der Waals surface area (Å²) in [6.45, 7) is -0.0877. The Morgan fingerprint density at radius 3 is 2.58 bits per heavy atom. The number of hydrogen-bond donors (Lipinski definition) is 2. The summed E-state index contributed by atoms with van der Waals surface area (Å²) in [5.41, 5.74) is -0.227. The second-order valence-electron chi connectivity index (χ2n) is 3.52. The van der Waals surface area contributed by atoms with Crippen LogP contribution in [0.25, 0.3) is 6.08 Å². The molecule has 0 saturated carbocycles. The van der Waals surface area contributed by atoms with Gasteiger partial charge in [0.05, 0.1) is 0 Å². The lowest BCUT2D eigenvalue weighted by Crippen LogP contribution is -2.19. The van der Waals surface area contributed by atoms with E-state index in [4.69, 9.17) is 10.2 Å². The van der Waals surface area contributed by atoms with Crippen molar-refractivity contribution in [3.8, 4) is 5.75 Å². The monoisotopic (exact) mass is 276 g/mol. The normalized spacial score (nSPS) is 11.8. The lowest BCUT2D eigenvalue weighted by Gasteiger charge is -2.11. The van der Waals surface area contributed by atoms with Crippen LogP contribution >= 0.6 is 0 Å². The minimum Gasteiger partial charge on any atom is -0.478 e. The molecule has 1 rings (SSSR count). The van der Waals surface area contributed by atoms with Crippen molar-refractivity contribution >= 4 is 12.0 Å². The molecule has 0 aliphatic rings. The molecule has 1 aromatic carbocycles. The molecule has 0 aliphatic carbocycles. The van der Waals surface area contributed by atoms with Crippen LogP contribution in [0.5, 0.6) is 5.75 Å². The number of halogens is 3. The van der Waals surface area contributed by atoms with Gasteiger partial charge in [0.1, 0.15) is 11.3 Å². The topological polar surface area (TPSA) is 66.8 Å². The standard InChI is InChI=1S/C12H11F3O4/c13-12(14,15)19-10-7-8(3-1-2-6-16)4-5-9(10)11(17)18/h1,3-5,7,16H,2,6H2,(H,17,18). The average molecular weight is 276 g/mol. The van der Waals surface area contributed by atoms with E-state index >= 15 is 0 Å². The molecule has 0 bridgehead atoms. The summed E-state index contributed by atoms with van der Waals surface area (Å²) in [6, 6.07) is 3.35. The van der Waals surface area contributed by atoms with Gasteiger partial charge in [0.2, 0.25) is 0 Å². The van der Waals surface area contributed by atoms with Crippen molar-refractivity contribution < 1.29 is 32.9 Å². The fourth-order valence-electron chi connectivity index (χ4n) is 1.32. The third kappa shape index (κ3) is 5.01. The van der Waals surface area contributed by atoms with Crippen molar-refractivity contribution in [2.75, 3.05) is 6.61 Å². The number of benzene rings is 1. The average Bonchev–Trinajstić information content (AvgIpc) is 2.27. The molecule has 0 spiro atoms. The van der Waals surface area contributed by atoms with Crippen molar-refractivity contribution in [2.45, 2.75) is 12.8 Å². The maximum atomic E-state index is 12.2. The fourth-order valence-corrected chi connectivity index (χ4v) is 1.32. The number of alkyl halides is 3. The van der Waals surface area contributed by atoms with E-state index in [9.17, 15) is 18.0 Å². The van der Waals surface area contributed by atoms with Crippen molar-refractivity contribution in [3.05, 3.63) is 35.4 Å². The maximum absolute atomic E-state index is 12.2. The van der Waals surface area contributed by atoms with Crippen LogP contribution in [0.15, 0.2) is 24.3 Å². The van der Waals surface area contributed by atoms with E-state index in [1.54, 1.807) is 6.08 Å². The molecule has 0 aliphatic heterocycles. The van der Waals surface area contributed by atoms with Crippen LogP contribution < -0.4 is 4.74 Å². The Balaban J connectivity index is 3.07. The summed E-state index contributed by atoms with van der Waals surface area (Å²) in [7, 11) is 0. The van der Waals surface area contributed by atoms with E-state index in [2.05, 4.69) is 4.74 Å². The Kier molecular flexibility index (Phi) is 4.94. The number of aromatic carboxylic acids is 1. The smallest absolute Gasteiger partial charge is 0.478 e. The lowest BCUT2D eigenvalue weighted by molar-refractivity contribution is -0.274. The predicted octanol–water partition coefficient (Wildman–Crippen LogP) is 2.68. The number of aliphatic hydroxyl groups is 1. The molecule has 0 radical (unpaired) electrons. The van der Waals surface area contributed by atoms with Crippen LogP contribution in [0.4, 0.5) is 13.2 Å². The highest BCUT2D eigenvalue weighted by molar-refractivity contribution is 5.91. The van der Waals surface area contributed by atoms with E-state index < -0.39 is 23.6 Å². The minimum absolute atomic E-state index is 0.0877. The molecule has 0 heterocycles. The molecule has 4 nitrogen and oxygen atoms in total. The number of aliphatic hydroxyl groups excluding tert-OH is 1. The third-order valence-electron chi connectivity index (χ3n) is 2.07. The quantitative estimate of drug-likeness (QED) is 0.867. The first-order valence-corrected chi connectivity index (χ1v) is 5.24. The van der Waals surface area contributed by atoms with Crippen molar-refractivity contribution in [1.82, 2.24) is 0 Å². The number of ether oxygens (including phenoxy) is 1. The molecule has 19 heavy (non-hydrogen) atoms. The number of carboxylic acids is 1. The van der Waals surface area contributed by atoms with Gasteiger partial charge in [-0.1, -0.05) is 18.2 Å². The zero-order chi connectivity index (χ0) is 14.5. The molecular formula is C12H11F3O4. The molecule has 1 aromatic rings. The highest BCUT2D eigenvalue weighted by atomic mass is 19.4. The zero-order valence-corrected chi connectivity index (χ0v) is 9.65. The summed E-state index contributed by atoms with van der Waals surface area (Å²) in [6.07, 6.45) is -1.61. The van der Waals surface area contributed by atoms with Gasteiger partial charge in [-0.05, 0) is 24.1 Å². The number of carbonyl (C=O) groups is 1. The Morgan fingerprint density at radius 2 is 2.05 bits per heavy atom. The van der Waals surface area contributed by atoms with Gasteiger partial charge in [-0.3, -0.25) is 0 Å². The largest absolute Gasteiger partial charge is 0.573 e. The third-order valence-corrected chi connectivity index (χ3v) is 2.07. The first kappa shape index (κ1) is 15.0. The van der Waals surface area contributed by atoms with E-state index in [-0.39, 0.29) is 6.61 Å². The van der Waals surface area contributed by atoms with Crippen LogP contribution in [-0.2, 0) is 0 Å². The van der Waals surface area contributed by atoms with Gasteiger partial charge < -0.3 is 14.9 Å². The van der Waals surface area contributed by atoms with Crippen LogP contribution in [0, 0.1) is 0 Å². The van der Waals surface area contributed by atoms with Gasteiger partial charge in [0.25, 0.3) is 0 Å². The summed E-state index contributed by atoms with van der Waals surface area (Å²) in [5, 5.41) is 17.3. The second-order valence-corrected chi connectivity index (χ2v) is 3.52. The Hall–Kier alpha value is -2.02. The Bertz CT molecular complexity index is 480. The van der Waals surface area contributed by atoms with Gasteiger partial charge in [0, 0.05) is 6.61 Å². The fraction of sp³-hybridized carbons (Fsp3) is 0.250. The van der Waals surface area contributed by atoms with Crippen LogP contribution in [0.2, 0.25) is 0 Å². The SMILES string of the molecule is O=C(O)c1ccc(C=CCCO)cc1OC(F)(F)F. The van der Waals surface area contributed by atoms with E-state index in [1.165, 1.54) is 12.1 Å². The van der Waals surface area contributed by atoms with Crippen LogP contribution in [0.1, 0.15) is 22.3 Å². The van der Waals surface area contributed by atoms with E-state index in [0.717, 1.165) is 12.1 Å². The van der Waals surface area contributed by atoms with E-state index in [0.29, 0.717) is 12.0 Å². The van der Waals surface area contributed by atoms with Crippen molar-refractivity contribution in [2.24, 2.45) is 0 Å². The first-order chi connectivity index (χ1) is 8.83. The van der Waals surface area contributed by atoms with Crippen molar-refractivity contribution in [1.29, 1.82) is 0 Å². The summed E-state index contributed by atoms with van der Waals surface area (Å²) in [5.74, 6) is -2.28. The first-order valence-electron chi connectivity index (χ1n) is 5.24. The molecule has 0 unspecified atom stereocenters. The van der Waals surface area contributed by atoms with Crippen LogP contribution in [0.3, 0.4) is 0 Å².